The molecule has 3 aromatic rings. The Bertz CT molecular complexity index is 1140. The average molecular weight is 475 g/mol. The second-order valence-corrected chi connectivity index (χ2v) is 8.03. The van der Waals surface area contributed by atoms with Gasteiger partial charge in [-0.25, -0.2) is 18.7 Å². The Hall–Kier alpha value is -3.40. The minimum Gasteiger partial charge on any atom is -0.391 e. The molecule has 0 unspecified atom stereocenters. The number of benzene rings is 1. The normalized spacial score (nSPS) is 15.6. The number of aliphatic hydroxyl groups excluding tert-OH is 1. The van der Waals surface area contributed by atoms with Crippen LogP contribution in [0.5, 0.6) is 0 Å². The molecule has 0 aliphatic carbocycles. The van der Waals surface area contributed by atoms with E-state index in [0.29, 0.717) is 41.4 Å². The Kier molecular flexibility index (Phi) is 8.44. The number of fused-ring (bicyclic) bond motifs is 1. The van der Waals surface area contributed by atoms with Crippen molar-refractivity contribution in [2.24, 2.45) is 0 Å². The molecular weight excluding hydrogens is 442 g/mol. The summed E-state index contributed by atoms with van der Waals surface area (Å²) in [5.41, 5.74) is 2.62. The number of aromatic nitrogens is 4. The molecule has 8 nitrogen and oxygen atoms in total. The molecule has 1 aromatic carbocycles. The van der Waals surface area contributed by atoms with E-state index in [4.69, 9.17) is 0 Å². The third-order valence-electron chi connectivity index (χ3n) is 5.43. The smallest absolute Gasteiger partial charge is 0.249 e. The highest BCUT2D eigenvalue weighted by Crippen LogP contribution is 2.32. The van der Waals surface area contributed by atoms with Gasteiger partial charge in [0.1, 0.15) is 29.2 Å². The lowest BCUT2D eigenvalue weighted by molar-refractivity contribution is -0.119. The molecule has 34 heavy (non-hydrogen) atoms. The van der Waals surface area contributed by atoms with Gasteiger partial charge in [-0.2, -0.15) is 5.10 Å². The number of amides is 1. The number of halogens is 2. The molecule has 3 heterocycles. The Balaban J connectivity index is 0.00000204. The first kappa shape index (κ1) is 26.8. The first-order valence-corrected chi connectivity index (χ1v) is 10.3. The van der Waals surface area contributed by atoms with Crippen molar-refractivity contribution >= 4 is 17.4 Å². The summed E-state index contributed by atoms with van der Waals surface area (Å²) in [5.74, 6) is -0.354. The summed E-state index contributed by atoms with van der Waals surface area (Å²) in [6.45, 7) is 3.63. The summed E-state index contributed by atoms with van der Waals surface area (Å²) in [6.07, 6.45) is 3.83. The largest absolute Gasteiger partial charge is 0.391 e. The van der Waals surface area contributed by atoms with Gasteiger partial charge in [0.15, 0.2) is 5.82 Å². The molecule has 0 bridgehead atoms. The van der Waals surface area contributed by atoms with E-state index in [1.165, 1.54) is 12.1 Å². The van der Waals surface area contributed by atoms with Crippen molar-refractivity contribution in [1.29, 1.82) is 0 Å². The van der Waals surface area contributed by atoms with E-state index in [1.807, 2.05) is 6.20 Å². The SMILES string of the molecule is C.C.Cc1nc(CCc2cnn(Cc3cc(F)cc(F)c3)c2)nc2c1NC(=O)[C@H]([C@@H](C)O)N2C. The van der Waals surface area contributed by atoms with Crippen molar-refractivity contribution in [1.82, 2.24) is 19.7 Å². The molecule has 1 aliphatic rings. The molecule has 0 saturated heterocycles. The van der Waals surface area contributed by atoms with Crippen LogP contribution < -0.4 is 10.2 Å². The zero-order valence-corrected chi connectivity index (χ0v) is 18.0. The van der Waals surface area contributed by atoms with Crippen molar-refractivity contribution < 1.29 is 18.7 Å². The van der Waals surface area contributed by atoms with Crippen molar-refractivity contribution in [3.63, 3.8) is 0 Å². The van der Waals surface area contributed by atoms with Crippen LogP contribution in [0.1, 0.15) is 44.4 Å². The van der Waals surface area contributed by atoms with Crippen LogP contribution in [0, 0.1) is 18.6 Å². The molecule has 0 spiro atoms. The van der Waals surface area contributed by atoms with Crippen LogP contribution in [0.4, 0.5) is 20.3 Å². The van der Waals surface area contributed by atoms with Gasteiger partial charge in [0.2, 0.25) is 5.91 Å². The van der Waals surface area contributed by atoms with Gasteiger partial charge < -0.3 is 15.3 Å². The number of carbonyl (C=O) groups excluding carboxylic acids is 1. The molecule has 4 rings (SSSR count). The summed E-state index contributed by atoms with van der Waals surface area (Å²) in [6, 6.07) is 2.68. The topological polar surface area (TPSA) is 96.2 Å². The first-order valence-electron chi connectivity index (χ1n) is 10.3. The van der Waals surface area contributed by atoms with Crippen LogP contribution >= 0.6 is 0 Å². The molecule has 1 amide bonds. The fourth-order valence-electron chi connectivity index (χ4n) is 3.94. The van der Waals surface area contributed by atoms with Gasteiger partial charge in [0.05, 0.1) is 24.5 Å². The number of hydrogen-bond donors (Lipinski definition) is 2. The summed E-state index contributed by atoms with van der Waals surface area (Å²) in [7, 11) is 1.73. The van der Waals surface area contributed by atoms with E-state index in [1.54, 1.807) is 36.7 Å². The number of likely N-dealkylation sites (N-methyl/N-ethyl adjacent to an activating group) is 1. The Labute approximate surface area is 198 Å². The predicted molar refractivity (Wildman–Crippen MR) is 128 cm³/mol. The lowest BCUT2D eigenvalue weighted by Gasteiger charge is -2.36. The van der Waals surface area contributed by atoms with Crippen LogP contribution in [-0.2, 0) is 24.2 Å². The highest BCUT2D eigenvalue weighted by Gasteiger charge is 2.36. The first-order chi connectivity index (χ1) is 15.2. The number of aryl methyl sites for hydroxylation is 3. The summed E-state index contributed by atoms with van der Waals surface area (Å²) >= 11 is 0. The Morgan fingerprint density at radius 2 is 1.79 bits per heavy atom. The average Bonchev–Trinajstić information content (AvgIpc) is 3.13. The van der Waals surface area contributed by atoms with Crippen LogP contribution in [0.25, 0.3) is 0 Å². The molecular formula is C24H32F2N6O2. The molecule has 2 N–H and O–H groups in total. The second-order valence-electron chi connectivity index (χ2n) is 8.03. The number of anilines is 2. The van der Waals surface area contributed by atoms with Gasteiger partial charge in [-0.1, -0.05) is 14.9 Å². The molecule has 0 saturated carbocycles. The molecule has 1 aliphatic heterocycles. The minimum atomic E-state index is -0.857. The van der Waals surface area contributed by atoms with Gasteiger partial charge in [-0.3, -0.25) is 9.48 Å². The van der Waals surface area contributed by atoms with Crippen molar-refractivity contribution in [2.75, 3.05) is 17.3 Å². The highest BCUT2D eigenvalue weighted by atomic mass is 19.1. The standard InChI is InChI=1S/C22H24F2N6O2.2CH4/c1-12-19-21(29(3)20(13(2)31)22(32)28-19)27-18(26-12)5-4-14-9-25-30(10-14)11-15-6-16(23)8-17(24)7-15;;/h6-10,13,20,31H,4-5,11H2,1-3H3,(H,28,32);2*1H4/t13-,20+;;/m1../s1. The second kappa shape index (κ2) is 10.7. The van der Waals surface area contributed by atoms with E-state index in [2.05, 4.69) is 20.4 Å². The number of carbonyl (C=O) groups is 1. The molecule has 2 aromatic heterocycles. The minimum absolute atomic E-state index is 0. The van der Waals surface area contributed by atoms with Crippen molar-refractivity contribution in [3.8, 4) is 0 Å². The van der Waals surface area contributed by atoms with E-state index in [-0.39, 0.29) is 27.3 Å². The summed E-state index contributed by atoms with van der Waals surface area (Å²) in [4.78, 5) is 23.1. The third-order valence-corrected chi connectivity index (χ3v) is 5.43. The van der Waals surface area contributed by atoms with Crippen LogP contribution in [0.2, 0.25) is 0 Å². The van der Waals surface area contributed by atoms with Gasteiger partial charge in [0.25, 0.3) is 0 Å². The maximum Gasteiger partial charge on any atom is 0.249 e. The molecule has 0 fully saturated rings. The number of nitrogens with zero attached hydrogens (tertiary/aromatic N) is 5. The monoisotopic (exact) mass is 474 g/mol. The maximum atomic E-state index is 13.4. The van der Waals surface area contributed by atoms with E-state index >= 15 is 0 Å². The predicted octanol–water partition coefficient (Wildman–Crippen LogP) is 3.50. The number of nitrogens with one attached hydrogen (secondary N) is 1. The molecule has 0 radical (unpaired) electrons. The van der Waals surface area contributed by atoms with Crippen LogP contribution in [-0.4, -0.2) is 50.0 Å². The Morgan fingerprint density at radius 3 is 2.44 bits per heavy atom. The lowest BCUT2D eigenvalue weighted by atomic mass is 10.1. The van der Waals surface area contributed by atoms with Gasteiger partial charge in [0, 0.05) is 25.7 Å². The molecule has 10 heteroatoms. The summed E-state index contributed by atoms with van der Waals surface area (Å²) in [5, 5.41) is 17.0. The Morgan fingerprint density at radius 1 is 1.12 bits per heavy atom. The number of aliphatic hydroxyl groups is 1. The van der Waals surface area contributed by atoms with Crippen molar-refractivity contribution in [3.05, 3.63) is 64.9 Å². The zero-order valence-electron chi connectivity index (χ0n) is 18.0. The number of rotatable bonds is 6. The molecule has 2 atom stereocenters. The molecule has 184 valence electrons. The zero-order chi connectivity index (χ0) is 23.0. The fraction of sp³-hybridized carbons (Fsp3) is 0.417. The number of hydrogen-bond acceptors (Lipinski definition) is 6. The van der Waals surface area contributed by atoms with Gasteiger partial charge >= 0.3 is 0 Å². The van der Waals surface area contributed by atoms with Crippen molar-refractivity contribution in [2.45, 2.75) is 60.2 Å². The van der Waals surface area contributed by atoms with Gasteiger partial charge in [-0.05, 0) is 43.5 Å². The summed E-state index contributed by atoms with van der Waals surface area (Å²) < 4.78 is 28.4. The highest BCUT2D eigenvalue weighted by molar-refractivity contribution is 6.03. The van der Waals surface area contributed by atoms with E-state index < -0.39 is 23.8 Å². The van der Waals surface area contributed by atoms with Gasteiger partial charge in [-0.15, -0.1) is 0 Å². The van der Waals surface area contributed by atoms with E-state index in [9.17, 15) is 18.7 Å². The third kappa shape index (κ3) is 5.56. The van der Waals surface area contributed by atoms with Crippen LogP contribution in [0.15, 0.2) is 30.6 Å². The lowest BCUT2D eigenvalue weighted by Crippen LogP contribution is -2.52. The van der Waals surface area contributed by atoms with E-state index in [0.717, 1.165) is 11.6 Å². The fourth-order valence-corrected chi connectivity index (χ4v) is 3.94. The quantitative estimate of drug-likeness (QED) is 0.568. The maximum absolute atomic E-state index is 13.4. The van der Waals surface area contributed by atoms with Crippen LogP contribution in [0.3, 0.4) is 0 Å².